The maximum atomic E-state index is 12.2. The molecule has 0 spiro atoms. The summed E-state index contributed by atoms with van der Waals surface area (Å²) in [6.07, 6.45) is 0. The molecule has 7 heteroatoms. The third kappa shape index (κ3) is 3.37. The van der Waals surface area contributed by atoms with Gasteiger partial charge in [-0.05, 0) is 30.5 Å². The smallest absolute Gasteiger partial charge is 0.271 e. The van der Waals surface area contributed by atoms with Crippen molar-refractivity contribution in [2.24, 2.45) is 7.05 Å². The number of Topliss-reactive ketones (excluding diaryl/α,β-unsaturated/α-hetero) is 1. The van der Waals surface area contributed by atoms with E-state index >= 15 is 0 Å². The summed E-state index contributed by atoms with van der Waals surface area (Å²) in [5.74, 6) is 1.19. The van der Waals surface area contributed by atoms with Gasteiger partial charge in [-0.15, -0.1) is 11.3 Å². The van der Waals surface area contributed by atoms with Crippen molar-refractivity contribution in [3.63, 3.8) is 0 Å². The summed E-state index contributed by atoms with van der Waals surface area (Å²) in [4.78, 5) is 28.3. The van der Waals surface area contributed by atoms with Gasteiger partial charge in [-0.3, -0.25) is 14.2 Å². The highest BCUT2D eigenvalue weighted by atomic mass is 32.2. The molecule has 0 aliphatic rings. The van der Waals surface area contributed by atoms with Crippen LogP contribution in [0.2, 0.25) is 0 Å². The van der Waals surface area contributed by atoms with Crippen LogP contribution in [0.4, 0.5) is 0 Å². The second-order valence-corrected chi connectivity index (χ2v) is 7.12. The first-order valence-corrected chi connectivity index (χ1v) is 9.24. The number of para-hydroxylation sites is 1. The zero-order valence-electron chi connectivity index (χ0n) is 13.3. The van der Waals surface area contributed by atoms with Gasteiger partial charge in [0.25, 0.3) is 5.56 Å². The largest absolute Gasteiger partial charge is 0.492 e. The summed E-state index contributed by atoms with van der Waals surface area (Å²) >= 11 is 2.86. The van der Waals surface area contributed by atoms with Crippen LogP contribution in [-0.2, 0) is 7.05 Å². The van der Waals surface area contributed by atoms with Crippen LogP contribution in [0.3, 0.4) is 0 Å². The lowest BCUT2D eigenvalue weighted by Gasteiger charge is -2.10. The summed E-state index contributed by atoms with van der Waals surface area (Å²) < 4.78 is 7.95. The summed E-state index contributed by atoms with van der Waals surface area (Å²) in [5, 5.41) is 2.53. The lowest BCUT2D eigenvalue weighted by Crippen LogP contribution is -2.19. The molecule has 0 saturated carbocycles. The molecule has 0 bridgehead atoms. The van der Waals surface area contributed by atoms with E-state index in [2.05, 4.69) is 4.98 Å². The highest BCUT2D eigenvalue weighted by molar-refractivity contribution is 7.99. The molecular weight excluding hydrogens is 344 g/mol. The average molecular weight is 360 g/mol. The quantitative estimate of drug-likeness (QED) is 0.292. The number of hydrogen-bond acceptors (Lipinski definition) is 6. The molecule has 2 heterocycles. The Morgan fingerprint density at radius 2 is 2.12 bits per heavy atom. The summed E-state index contributed by atoms with van der Waals surface area (Å²) in [5.41, 5.74) is 1.28. The molecule has 0 aliphatic carbocycles. The molecule has 0 aliphatic heterocycles. The predicted octanol–water partition coefficient (Wildman–Crippen LogP) is 3.37. The van der Waals surface area contributed by atoms with Gasteiger partial charge in [-0.1, -0.05) is 23.9 Å². The fraction of sp³-hybridized carbons (Fsp3) is 0.235. The van der Waals surface area contributed by atoms with E-state index in [1.807, 2.05) is 23.6 Å². The molecule has 0 atom stereocenters. The molecule has 3 aromatic rings. The Labute approximate surface area is 147 Å². The standard InChI is InChI=1S/C17H16N2O3S2/c1-11(20)12-5-3-4-6-14(12)22-8-10-24-17-18-13-7-9-23-15(13)16(21)19(17)2/h3-7,9H,8,10H2,1-2H3. The second kappa shape index (κ2) is 7.19. The van der Waals surface area contributed by atoms with Crippen molar-refractivity contribution < 1.29 is 9.53 Å². The number of fused-ring (bicyclic) bond motifs is 1. The van der Waals surface area contributed by atoms with Crippen LogP contribution in [0.15, 0.2) is 45.7 Å². The van der Waals surface area contributed by atoms with Gasteiger partial charge in [0.2, 0.25) is 0 Å². The van der Waals surface area contributed by atoms with Crippen molar-refractivity contribution in [3.05, 3.63) is 51.6 Å². The number of thioether (sulfide) groups is 1. The van der Waals surface area contributed by atoms with E-state index in [9.17, 15) is 9.59 Å². The van der Waals surface area contributed by atoms with E-state index < -0.39 is 0 Å². The minimum Gasteiger partial charge on any atom is -0.492 e. The van der Waals surface area contributed by atoms with E-state index in [0.29, 0.717) is 33.5 Å². The van der Waals surface area contributed by atoms with Crippen molar-refractivity contribution in [1.82, 2.24) is 9.55 Å². The van der Waals surface area contributed by atoms with Crippen molar-refractivity contribution in [3.8, 4) is 5.75 Å². The Kier molecular flexibility index (Phi) is 5.01. The molecule has 0 radical (unpaired) electrons. The van der Waals surface area contributed by atoms with Gasteiger partial charge in [0, 0.05) is 12.8 Å². The Balaban J connectivity index is 1.66. The SMILES string of the molecule is CC(=O)c1ccccc1OCCSc1nc2ccsc2c(=O)n1C. The number of hydrogen-bond donors (Lipinski definition) is 0. The van der Waals surface area contributed by atoms with Crippen molar-refractivity contribution in [2.45, 2.75) is 12.1 Å². The van der Waals surface area contributed by atoms with Gasteiger partial charge in [-0.2, -0.15) is 0 Å². The van der Waals surface area contributed by atoms with Crippen LogP contribution in [0, 0.1) is 0 Å². The van der Waals surface area contributed by atoms with E-state index in [1.54, 1.807) is 23.7 Å². The molecule has 0 N–H and O–H groups in total. The number of aromatic nitrogens is 2. The molecule has 1 aromatic carbocycles. The Hall–Kier alpha value is -2.12. The molecular formula is C17H16N2O3S2. The first kappa shape index (κ1) is 16.7. The van der Waals surface area contributed by atoms with Crippen LogP contribution in [0.1, 0.15) is 17.3 Å². The van der Waals surface area contributed by atoms with Gasteiger partial charge in [0.05, 0.1) is 17.7 Å². The molecule has 0 fully saturated rings. The molecule has 2 aromatic heterocycles. The Morgan fingerprint density at radius 3 is 2.92 bits per heavy atom. The topological polar surface area (TPSA) is 61.2 Å². The number of carbonyl (C=O) groups excluding carboxylic acids is 1. The molecule has 0 unspecified atom stereocenters. The van der Waals surface area contributed by atoms with Gasteiger partial charge >= 0.3 is 0 Å². The average Bonchev–Trinajstić information content (AvgIpc) is 3.04. The van der Waals surface area contributed by atoms with E-state index in [0.717, 1.165) is 5.52 Å². The van der Waals surface area contributed by atoms with Crippen LogP contribution in [-0.4, -0.2) is 27.7 Å². The van der Waals surface area contributed by atoms with Gasteiger partial charge < -0.3 is 4.74 Å². The molecule has 3 rings (SSSR count). The summed E-state index contributed by atoms with van der Waals surface area (Å²) in [6, 6.07) is 9.04. The van der Waals surface area contributed by atoms with E-state index in [1.165, 1.54) is 30.0 Å². The van der Waals surface area contributed by atoms with Crippen LogP contribution in [0.5, 0.6) is 5.75 Å². The number of benzene rings is 1. The summed E-state index contributed by atoms with van der Waals surface area (Å²) in [6.45, 7) is 1.94. The minimum absolute atomic E-state index is 0.0229. The molecule has 24 heavy (non-hydrogen) atoms. The summed E-state index contributed by atoms with van der Waals surface area (Å²) in [7, 11) is 1.72. The van der Waals surface area contributed by atoms with E-state index in [-0.39, 0.29) is 11.3 Å². The van der Waals surface area contributed by atoms with Crippen LogP contribution >= 0.6 is 23.1 Å². The molecule has 5 nitrogen and oxygen atoms in total. The normalized spacial score (nSPS) is 10.9. The molecule has 124 valence electrons. The Morgan fingerprint density at radius 1 is 1.33 bits per heavy atom. The first-order chi connectivity index (χ1) is 11.6. The number of ketones is 1. The minimum atomic E-state index is -0.0275. The van der Waals surface area contributed by atoms with Crippen molar-refractivity contribution in [2.75, 3.05) is 12.4 Å². The third-order valence-corrected chi connectivity index (χ3v) is 5.37. The van der Waals surface area contributed by atoms with E-state index in [4.69, 9.17) is 4.74 Å². The number of rotatable bonds is 6. The zero-order chi connectivity index (χ0) is 17.1. The predicted molar refractivity (Wildman–Crippen MR) is 97.5 cm³/mol. The van der Waals surface area contributed by atoms with Crippen LogP contribution in [0.25, 0.3) is 10.2 Å². The maximum absolute atomic E-state index is 12.2. The number of nitrogens with zero attached hydrogens (tertiary/aromatic N) is 2. The molecule has 0 saturated heterocycles. The monoisotopic (exact) mass is 360 g/mol. The second-order valence-electron chi connectivity index (χ2n) is 5.14. The zero-order valence-corrected chi connectivity index (χ0v) is 14.9. The number of carbonyl (C=O) groups is 1. The lowest BCUT2D eigenvalue weighted by molar-refractivity contribution is 0.101. The number of thiophene rings is 1. The maximum Gasteiger partial charge on any atom is 0.271 e. The Bertz CT molecular complexity index is 946. The number of ether oxygens (including phenoxy) is 1. The fourth-order valence-electron chi connectivity index (χ4n) is 2.26. The highest BCUT2D eigenvalue weighted by Crippen LogP contribution is 2.21. The first-order valence-electron chi connectivity index (χ1n) is 7.37. The van der Waals surface area contributed by atoms with Crippen molar-refractivity contribution >= 4 is 39.1 Å². The van der Waals surface area contributed by atoms with Crippen molar-refractivity contribution in [1.29, 1.82) is 0 Å². The van der Waals surface area contributed by atoms with Gasteiger partial charge in [-0.25, -0.2) is 4.98 Å². The third-order valence-electron chi connectivity index (χ3n) is 3.48. The lowest BCUT2D eigenvalue weighted by atomic mass is 10.1. The highest BCUT2D eigenvalue weighted by Gasteiger charge is 2.10. The van der Waals surface area contributed by atoms with Crippen LogP contribution < -0.4 is 10.3 Å². The van der Waals surface area contributed by atoms with Gasteiger partial charge in [0.1, 0.15) is 10.4 Å². The fourth-order valence-corrected chi connectivity index (χ4v) is 3.86. The molecule has 0 amide bonds. The van der Waals surface area contributed by atoms with Gasteiger partial charge in [0.15, 0.2) is 10.9 Å².